The van der Waals surface area contributed by atoms with Gasteiger partial charge in [-0.25, -0.2) is 0 Å². The SMILES string of the molecule is CC1C[C@@H](C)[C@@H](O)C(O[C@@H]2O[C@H](CN)C(O)[C@@H]2O)[C@@H]1O[C@@H](OC([C@H](C)O)[C@@H](C)O)[C@@H](N)CO. The molecule has 1 saturated carbocycles. The highest BCUT2D eigenvalue weighted by Gasteiger charge is 2.50. The first-order valence-corrected chi connectivity index (χ1v) is 11.5. The molecule has 196 valence electrons. The van der Waals surface area contributed by atoms with Gasteiger partial charge in [0.25, 0.3) is 0 Å². The Morgan fingerprint density at radius 3 is 2.06 bits per heavy atom. The molecule has 12 heteroatoms. The summed E-state index contributed by atoms with van der Waals surface area (Å²) in [6, 6.07) is -1.02. The summed E-state index contributed by atoms with van der Waals surface area (Å²) in [4.78, 5) is 0. The number of aliphatic hydroxyl groups excluding tert-OH is 6. The van der Waals surface area contributed by atoms with E-state index in [1.807, 2.05) is 13.8 Å². The van der Waals surface area contributed by atoms with Crippen LogP contribution in [0.2, 0.25) is 0 Å². The summed E-state index contributed by atoms with van der Waals surface area (Å²) in [6.07, 6.45) is -11.3. The van der Waals surface area contributed by atoms with Crippen LogP contribution in [0.4, 0.5) is 0 Å². The summed E-state index contributed by atoms with van der Waals surface area (Å²) in [6.45, 7) is 6.09. The molecule has 33 heavy (non-hydrogen) atoms. The molecule has 0 amide bonds. The van der Waals surface area contributed by atoms with E-state index in [0.29, 0.717) is 6.42 Å². The molecule has 12 nitrogen and oxygen atoms in total. The highest BCUT2D eigenvalue weighted by atomic mass is 16.7. The van der Waals surface area contributed by atoms with Crippen LogP contribution in [0.15, 0.2) is 0 Å². The molecule has 0 radical (unpaired) electrons. The first-order valence-electron chi connectivity index (χ1n) is 11.5. The molecule has 4 unspecified atom stereocenters. The summed E-state index contributed by atoms with van der Waals surface area (Å²) in [5, 5.41) is 60.9. The van der Waals surface area contributed by atoms with Crippen LogP contribution in [0, 0.1) is 11.8 Å². The van der Waals surface area contributed by atoms with E-state index < -0.39 is 80.2 Å². The maximum Gasteiger partial charge on any atom is 0.187 e. The zero-order valence-electron chi connectivity index (χ0n) is 19.7. The molecule has 0 aromatic heterocycles. The van der Waals surface area contributed by atoms with Gasteiger partial charge in [0.15, 0.2) is 12.6 Å². The number of nitrogens with two attached hydrogens (primary N) is 2. The Morgan fingerprint density at radius 2 is 1.58 bits per heavy atom. The van der Waals surface area contributed by atoms with Crippen molar-refractivity contribution in [2.45, 2.75) is 108 Å². The predicted molar refractivity (Wildman–Crippen MR) is 116 cm³/mol. The van der Waals surface area contributed by atoms with Crippen LogP contribution in [0.1, 0.15) is 34.1 Å². The maximum absolute atomic E-state index is 10.9. The maximum atomic E-state index is 10.9. The predicted octanol–water partition coefficient (Wildman–Crippen LogP) is -3.01. The average molecular weight is 483 g/mol. The third kappa shape index (κ3) is 6.81. The van der Waals surface area contributed by atoms with E-state index >= 15 is 0 Å². The third-order valence-corrected chi connectivity index (χ3v) is 6.48. The number of aliphatic hydroxyl groups is 6. The van der Waals surface area contributed by atoms with Crippen LogP contribution in [0.3, 0.4) is 0 Å². The Morgan fingerprint density at radius 1 is 0.970 bits per heavy atom. The number of rotatable bonds is 11. The molecule has 0 spiro atoms. The van der Waals surface area contributed by atoms with E-state index in [-0.39, 0.29) is 18.4 Å². The lowest BCUT2D eigenvalue weighted by Gasteiger charge is -2.45. The van der Waals surface area contributed by atoms with Gasteiger partial charge in [0.1, 0.15) is 30.5 Å². The normalized spacial score (nSPS) is 42.0. The summed E-state index contributed by atoms with van der Waals surface area (Å²) in [5.74, 6) is -0.345. The quantitative estimate of drug-likeness (QED) is 0.138. The molecule has 1 heterocycles. The molecule has 2 rings (SSSR count). The fourth-order valence-electron chi connectivity index (χ4n) is 4.51. The van der Waals surface area contributed by atoms with E-state index in [4.69, 9.17) is 30.4 Å². The topological polar surface area (TPSA) is 210 Å². The van der Waals surface area contributed by atoms with Crippen LogP contribution in [-0.2, 0) is 18.9 Å². The standard InChI is InChI=1S/C21H42N2O10/c1-8-5-9(2)17(31-20(12(23)7-24)32-18(10(3)25)11(4)26)19(14(8)27)33-21-16(29)15(28)13(6-22)30-21/h8-21,24-29H,5-7,22-23H2,1-4H3/t8-,9?,10-,11+,12+,13-,14-,15?,16+,17-,18?,19?,20+,21+/m1/s1. The monoisotopic (exact) mass is 482 g/mol. The van der Waals surface area contributed by atoms with Gasteiger partial charge in [-0.3, -0.25) is 0 Å². The Labute approximate surface area is 194 Å². The molecule has 1 saturated heterocycles. The van der Waals surface area contributed by atoms with Crippen molar-refractivity contribution in [3.63, 3.8) is 0 Å². The Hall–Kier alpha value is -0.480. The molecule has 0 aromatic carbocycles. The Bertz CT molecular complexity index is 577. The van der Waals surface area contributed by atoms with Gasteiger partial charge < -0.3 is 61.1 Å². The summed E-state index contributed by atoms with van der Waals surface area (Å²) >= 11 is 0. The summed E-state index contributed by atoms with van der Waals surface area (Å²) < 4.78 is 23.3. The minimum atomic E-state index is -1.37. The van der Waals surface area contributed by atoms with Crippen molar-refractivity contribution < 1.29 is 49.6 Å². The second kappa shape index (κ2) is 12.5. The lowest BCUT2D eigenvalue weighted by molar-refractivity contribution is -0.299. The van der Waals surface area contributed by atoms with Crippen molar-refractivity contribution in [2.24, 2.45) is 23.3 Å². The van der Waals surface area contributed by atoms with Gasteiger partial charge in [0.05, 0.1) is 37.1 Å². The molecule has 2 aliphatic rings. The van der Waals surface area contributed by atoms with Crippen molar-refractivity contribution in [1.29, 1.82) is 0 Å². The van der Waals surface area contributed by atoms with Crippen molar-refractivity contribution >= 4 is 0 Å². The van der Waals surface area contributed by atoms with Crippen LogP contribution in [0.25, 0.3) is 0 Å². The first-order chi connectivity index (χ1) is 15.4. The minimum absolute atomic E-state index is 0.0284. The smallest absolute Gasteiger partial charge is 0.187 e. The van der Waals surface area contributed by atoms with Crippen LogP contribution >= 0.6 is 0 Å². The van der Waals surface area contributed by atoms with Gasteiger partial charge >= 0.3 is 0 Å². The highest BCUT2D eigenvalue weighted by Crippen LogP contribution is 2.36. The van der Waals surface area contributed by atoms with Gasteiger partial charge in [0, 0.05) is 6.54 Å². The van der Waals surface area contributed by atoms with E-state index in [1.165, 1.54) is 13.8 Å². The zero-order chi connectivity index (χ0) is 25.0. The molecule has 0 aromatic rings. The fraction of sp³-hybridized carbons (Fsp3) is 1.00. The minimum Gasteiger partial charge on any atom is -0.395 e. The molecule has 14 atom stereocenters. The van der Waals surface area contributed by atoms with Crippen molar-refractivity contribution in [3.8, 4) is 0 Å². The number of hydrogen-bond acceptors (Lipinski definition) is 12. The molecule has 0 bridgehead atoms. The average Bonchev–Trinajstić information content (AvgIpc) is 3.03. The summed E-state index contributed by atoms with van der Waals surface area (Å²) in [7, 11) is 0. The van der Waals surface area contributed by atoms with E-state index in [1.54, 1.807) is 0 Å². The molecule has 1 aliphatic carbocycles. The number of hydrogen-bond donors (Lipinski definition) is 8. The molecule has 10 N–H and O–H groups in total. The third-order valence-electron chi connectivity index (χ3n) is 6.48. The van der Waals surface area contributed by atoms with Crippen molar-refractivity contribution in [3.05, 3.63) is 0 Å². The molecular formula is C21H42N2O10. The van der Waals surface area contributed by atoms with Gasteiger partial charge in [-0.2, -0.15) is 0 Å². The first kappa shape index (κ1) is 28.8. The van der Waals surface area contributed by atoms with Crippen molar-refractivity contribution in [1.82, 2.24) is 0 Å². The highest BCUT2D eigenvalue weighted by molar-refractivity contribution is 4.95. The van der Waals surface area contributed by atoms with Crippen molar-refractivity contribution in [2.75, 3.05) is 13.2 Å². The lowest BCUT2D eigenvalue weighted by Crippen LogP contribution is -2.58. The van der Waals surface area contributed by atoms with Gasteiger partial charge in [-0.1, -0.05) is 13.8 Å². The van der Waals surface area contributed by atoms with E-state index in [0.717, 1.165) is 0 Å². The number of ether oxygens (including phenoxy) is 4. The van der Waals surface area contributed by atoms with Gasteiger partial charge in [-0.05, 0) is 32.1 Å². The second-order valence-corrected chi connectivity index (χ2v) is 9.44. The van der Waals surface area contributed by atoms with Crippen LogP contribution in [-0.4, -0.2) is 117 Å². The molecule has 1 aliphatic heterocycles. The van der Waals surface area contributed by atoms with Crippen LogP contribution < -0.4 is 11.5 Å². The molecule has 2 fully saturated rings. The van der Waals surface area contributed by atoms with Gasteiger partial charge in [0.2, 0.25) is 0 Å². The van der Waals surface area contributed by atoms with E-state index in [9.17, 15) is 30.6 Å². The second-order valence-electron chi connectivity index (χ2n) is 9.44. The van der Waals surface area contributed by atoms with Gasteiger partial charge in [-0.15, -0.1) is 0 Å². The lowest BCUT2D eigenvalue weighted by atomic mass is 9.77. The Balaban J connectivity index is 2.26. The van der Waals surface area contributed by atoms with E-state index in [2.05, 4.69) is 0 Å². The summed E-state index contributed by atoms with van der Waals surface area (Å²) in [5.41, 5.74) is 11.6. The molecular weight excluding hydrogens is 440 g/mol. The van der Waals surface area contributed by atoms with Crippen LogP contribution in [0.5, 0.6) is 0 Å². The largest absolute Gasteiger partial charge is 0.395 e. The zero-order valence-corrected chi connectivity index (χ0v) is 19.7. The fourth-order valence-corrected chi connectivity index (χ4v) is 4.51. The Kier molecular flexibility index (Phi) is 10.9.